The van der Waals surface area contributed by atoms with Crippen molar-refractivity contribution in [3.63, 3.8) is 0 Å². The SMILES string of the molecule is Cc1cnn(Cc2cc(CNC(C)(C)C)sc2C)c1. The highest BCUT2D eigenvalue weighted by molar-refractivity contribution is 7.12. The van der Waals surface area contributed by atoms with E-state index >= 15 is 0 Å². The van der Waals surface area contributed by atoms with E-state index in [1.807, 2.05) is 22.2 Å². The Hall–Kier alpha value is -1.13. The van der Waals surface area contributed by atoms with Crippen LogP contribution < -0.4 is 5.32 Å². The predicted molar refractivity (Wildman–Crippen MR) is 81.7 cm³/mol. The van der Waals surface area contributed by atoms with Crippen LogP contribution in [0.15, 0.2) is 18.5 Å². The van der Waals surface area contributed by atoms with Gasteiger partial charge in [-0.2, -0.15) is 5.10 Å². The Morgan fingerprint density at radius 3 is 2.63 bits per heavy atom. The highest BCUT2D eigenvalue weighted by Gasteiger charge is 2.11. The average Bonchev–Trinajstić information content (AvgIpc) is 2.83. The van der Waals surface area contributed by atoms with Crippen LogP contribution in [0.25, 0.3) is 0 Å². The van der Waals surface area contributed by atoms with Crippen molar-refractivity contribution in [3.8, 4) is 0 Å². The van der Waals surface area contributed by atoms with Gasteiger partial charge in [-0.05, 0) is 51.8 Å². The third-order valence-corrected chi connectivity index (χ3v) is 4.05. The van der Waals surface area contributed by atoms with Gasteiger partial charge in [-0.3, -0.25) is 4.68 Å². The minimum Gasteiger partial charge on any atom is -0.307 e. The van der Waals surface area contributed by atoms with Crippen LogP contribution in [0.5, 0.6) is 0 Å². The van der Waals surface area contributed by atoms with E-state index in [-0.39, 0.29) is 5.54 Å². The molecule has 0 bridgehead atoms. The summed E-state index contributed by atoms with van der Waals surface area (Å²) < 4.78 is 2.01. The molecule has 2 heterocycles. The van der Waals surface area contributed by atoms with E-state index in [1.165, 1.54) is 20.9 Å². The topological polar surface area (TPSA) is 29.9 Å². The van der Waals surface area contributed by atoms with E-state index in [4.69, 9.17) is 0 Å². The summed E-state index contributed by atoms with van der Waals surface area (Å²) >= 11 is 1.88. The molecule has 0 aromatic carbocycles. The fourth-order valence-electron chi connectivity index (χ4n) is 1.91. The maximum atomic E-state index is 4.35. The maximum Gasteiger partial charge on any atom is 0.0670 e. The Bertz CT molecular complexity index is 546. The Balaban J connectivity index is 2.04. The lowest BCUT2D eigenvalue weighted by Gasteiger charge is -2.19. The summed E-state index contributed by atoms with van der Waals surface area (Å²) in [7, 11) is 0. The van der Waals surface area contributed by atoms with Crippen molar-refractivity contribution in [2.24, 2.45) is 0 Å². The summed E-state index contributed by atoms with van der Waals surface area (Å²) in [5.74, 6) is 0. The minimum atomic E-state index is 0.164. The summed E-state index contributed by atoms with van der Waals surface area (Å²) in [6, 6.07) is 2.30. The number of aromatic nitrogens is 2. The molecule has 3 nitrogen and oxygen atoms in total. The Kier molecular flexibility index (Phi) is 4.11. The Morgan fingerprint density at radius 2 is 2.05 bits per heavy atom. The Labute approximate surface area is 119 Å². The first-order valence-electron chi connectivity index (χ1n) is 6.66. The van der Waals surface area contributed by atoms with Gasteiger partial charge in [0.05, 0.1) is 12.7 Å². The van der Waals surface area contributed by atoms with E-state index in [1.54, 1.807) is 0 Å². The molecule has 1 N–H and O–H groups in total. The molecule has 4 heteroatoms. The minimum absolute atomic E-state index is 0.164. The van der Waals surface area contributed by atoms with Crippen LogP contribution in [-0.4, -0.2) is 15.3 Å². The lowest BCUT2D eigenvalue weighted by molar-refractivity contribution is 0.426. The summed E-state index contributed by atoms with van der Waals surface area (Å²) in [6.45, 7) is 12.7. The molecular weight excluding hydrogens is 254 g/mol. The first-order chi connectivity index (χ1) is 8.83. The molecule has 19 heavy (non-hydrogen) atoms. The van der Waals surface area contributed by atoms with Crippen LogP contribution in [0.2, 0.25) is 0 Å². The second-order valence-corrected chi connectivity index (χ2v) is 7.45. The zero-order valence-electron chi connectivity index (χ0n) is 12.4. The largest absolute Gasteiger partial charge is 0.307 e. The summed E-state index contributed by atoms with van der Waals surface area (Å²) in [5, 5.41) is 7.89. The van der Waals surface area contributed by atoms with Crippen LogP contribution in [0, 0.1) is 13.8 Å². The third-order valence-electron chi connectivity index (χ3n) is 2.96. The average molecular weight is 277 g/mol. The molecule has 2 aromatic heterocycles. The summed E-state index contributed by atoms with van der Waals surface area (Å²) in [6.07, 6.45) is 3.99. The van der Waals surface area contributed by atoms with Crippen molar-refractivity contribution < 1.29 is 0 Å². The lowest BCUT2D eigenvalue weighted by Crippen LogP contribution is -2.34. The smallest absolute Gasteiger partial charge is 0.0670 e. The summed E-state index contributed by atoms with van der Waals surface area (Å²) in [5.41, 5.74) is 2.75. The second-order valence-electron chi connectivity index (χ2n) is 6.11. The monoisotopic (exact) mass is 277 g/mol. The first-order valence-corrected chi connectivity index (χ1v) is 7.47. The van der Waals surface area contributed by atoms with Gasteiger partial charge >= 0.3 is 0 Å². The van der Waals surface area contributed by atoms with Gasteiger partial charge in [0.2, 0.25) is 0 Å². The van der Waals surface area contributed by atoms with E-state index in [9.17, 15) is 0 Å². The summed E-state index contributed by atoms with van der Waals surface area (Å²) in [4.78, 5) is 2.78. The highest BCUT2D eigenvalue weighted by atomic mass is 32.1. The molecule has 0 amide bonds. The van der Waals surface area contributed by atoms with Gasteiger partial charge in [-0.1, -0.05) is 0 Å². The molecule has 2 aromatic rings. The van der Waals surface area contributed by atoms with Crippen LogP contribution in [-0.2, 0) is 13.1 Å². The number of nitrogens with zero attached hydrogens (tertiary/aromatic N) is 2. The van der Waals surface area contributed by atoms with Crippen LogP contribution in [0.1, 0.15) is 41.7 Å². The molecule has 0 radical (unpaired) electrons. The molecule has 2 rings (SSSR count). The molecule has 0 spiro atoms. The van der Waals surface area contributed by atoms with Crippen molar-refractivity contribution in [3.05, 3.63) is 39.3 Å². The van der Waals surface area contributed by atoms with Crippen molar-refractivity contribution >= 4 is 11.3 Å². The molecule has 0 saturated carbocycles. The van der Waals surface area contributed by atoms with Crippen molar-refractivity contribution in [2.45, 2.75) is 53.2 Å². The molecule has 0 saturated heterocycles. The fourth-order valence-corrected chi connectivity index (χ4v) is 2.91. The third kappa shape index (κ3) is 4.18. The molecule has 0 atom stereocenters. The molecule has 0 fully saturated rings. The molecule has 0 aliphatic heterocycles. The molecule has 0 aliphatic rings. The van der Waals surface area contributed by atoms with Gasteiger partial charge in [-0.15, -0.1) is 11.3 Å². The number of nitrogens with one attached hydrogen (secondary N) is 1. The molecule has 0 aliphatic carbocycles. The quantitative estimate of drug-likeness (QED) is 0.927. The van der Waals surface area contributed by atoms with Gasteiger partial charge in [0.15, 0.2) is 0 Å². The van der Waals surface area contributed by atoms with E-state index in [0.717, 1.165) is 13.1 Å². The van der Waals surface area contributed by atoms with Crippen molar-refractivity contribution in [1.29, 1.82) is 0 Å². The van der Waals surface area contributed by atoms with E-state index < -0.39 is 0 Å². The zero-order valence-corrected chi connectivity index (χ0v) is 13.3. The predicted octanol–water partition coefficient (Wildman–Crippen LogP) is 3.50. The maximum absolute atomic E-state index is 4.35. The number of aryl methyl sites for hydroxylation is 2. The zero-order chi connectivity index (χ0) is 14.0. The number of rotatable bonds is 4. The highest BCUT2D eigenvalue weighted by Crippen LogP contribution is 2.23. The molecule has 104 valence electrons. The normalized spacial score (nSPS) is 12.1. The number of hydrogen-bond acceptors (Lipinski definition) is 3. The lowest BCUT2D eigenvalue weighted by atomic mass is 10.1. The molecule has 0 unspecified atom stereocenters. The van der Waals surface area contributed by atoms with E-state index in [2.05, 4.69) is 57.3 Å². The number of hydrogen-bond donors (Lipinski definition) is 1. The standard InChI is InChI=1S/C15H23N3S/c1-11-7-17-18(9-11)10-13-6-14(19-12(13)2)8-16-15(3,4)5/h6-7,9,16H,8,10H2,1-5H3. The van der Waals surface area contributed by atoms with Crippen LogP contribution >= 0.6 is 11.3 Å². The second kappa shape index (κ2) is 5.47. The Morgan fingerprint density at radius 1 is 1.32 bits per heavy atom. The van der Waals surface area contributed by atoms with E-state index in [0.29, 0.717) is 0 Å². The van der Waals surface area contributed by atoms with Crippen LogP contribution in [0.3, 0.4) is 0 Å². The fraction of sp³-hybridized carbons (Fsp3) is 0.533. The van der Waals surface area contributed by atoms with Crippen molar-refractivity contribution in [2.75, 3.05) is 0 Å². The van der Waals surface area contributed by atoms with Gasteiger partial charge in [-0.25, -0.2) is 0 Å². The van der Waals surface area contributed by atoms with Gasteiger partial charge in [0.1, 0.15) is 0 Å². The van der Waals surface area contributed by atoms with Gasteiger partial charge < -0.3 is 5.32 Å². The van der Waals surface area contributed by atoms with Crippen LogP contribution in [0.4, 0.5) is 0 Å². The molecular formula is C15H23N3S. The van der Waals surface area contributed by atoms with Gasteiger partial charge in [0, 0.05) is 28.0 Å². The first kappa shape index (κ1) is 14.3. The van der Waals surface area contributed by atoms with Crippen molar-refractivity contribution in [1.82, 2.24) is 15.1 Å². The number of thiophene rings is 1. The van der Waals surface area contributed by atoms with Gasteiger partial charge in [0.25, 0.3) is 0 Å².